The van der Waals surface area contributed by atoms with Crippen molar-refractivity contribution in [2.75, 3.05) is 6.54 Å². The molecule has 0 fully saturated rings. The Labute approximate surface area is 109 Å². The first kappa shape index (κ1) is 11.6. The minimum absolute atomic E-state index is 0.111. The topological polar surface area (TPSA) is 66.1 Å². The van der Waals surface area contributed by atoms with Crippen molar-refractivity contribution < 1.29 is 4.79 Å². The van der Waals surface area contributed by atoms with Crippen molar-refractivity contribution in [1.29, 1.82) is 0 Å². The summed E-state index contributed by atoms with van der Waals surface area (Å²) < 4.78 is 0. The number of aromatic amines is 1. The van der Waals surface area contributed by atoms with E-state index >= 15 is 0 Å². The van der Waals surface area contributed by atoms with Gasteiger partial charge in [-0.15, -0.1) is 0 Å². The van der Waals surface area contributed by atoms with E-state index in [1.165, 1.54) is 12.3 Å². The number of hydrogen-bond acceptors (Lipinski definition) is 3. The van der Waals surface area contributed by atoms with Crippen LogP contribution in [0.3, 0.4) is 0 Å². The van der Waals surface area contributed by atoms with Gasteiger partial charge in [0.15, 0.2) is 0 Å². The fourth-order valence-electron chi connectivity index (χ4n) is 2.30. The lowest BCUT2D eigenvalue weighted by atomic mass is 10.0. The van der Waals surface area contributed by atoms with Gasteiger partial charge in [-0.3, -0.25) is 14.6 Å². The molecule has 19 heavy (non-hydrogen) atoms. The van der Waals surface area contributed by atoms with Crippen LogP contribution in [-0.4, -0.2) is 27.3 Å². The fourth-order valence-corrected chi connectivity index (χ4v) is 2.30. The number of H-pyrrole nitrogens is 1. The minimum atomic E-state index is -0.259. The molecule has 1 aliphatic rings. The normalized spacial score (nSPS) is 14.0. The van der Waals surface area contributed by atoms with E-state index in [0.29, 0.717) is 18.7 Å². The van der Waals surface area contributed by atoms with Gasteiger partial charge in [0.2, 0.25) is 5.56 Å². The summed E-state index contributed by atoms with van der Waals surface area (Å²) >= 11 is 0. The molecule has 3 rings (SSSR count). The maximum atomic E-state index is 12.3. The number of hydrogen-bond donors (Lipinski definition) is 1. The Bertz CT molecular complexity index is 678. The highest BCUT2D eigenvalue weighted by Gasteiger charge is 2.22. The number of carbonyl (C=O) groups excluding carboxylic acids is 1. The standard InChI is InChI=1S/C14H13N3O2/c18-13-8-10(3-6-16-13)14(19)17-7-4-12-11(9-17)2-1-5-15-12/h1-3,5-6,8H,4,7,9H2,(H,16,18). The van der Waals surface area contributed by atoms with Gasteiger partial charge in [-0.1, -0.05) is 6.07 Å². The average Bonchev–Trinajstić information content (AvgIpc) is 2.46. The molecular formula is C14H13N3O2. The maximum Gasteiger partial charge on any atom is 0.254 e. The molecule has 2 aromatic rings. The van der Waals surface area contributed by atoms with E-state index in [1.807, 2.05) is 12.1 Å². The van der Waals surface area contributed by atoms with E-state index in [0.717, 1.165) is 17.7 Å². The van der Waals surface area contributed by atoms with E-state index in [9.17, 15) is 9.59 Å². The number of carbonyl (C=O) groups is 1. The summed E-state index contributed by atoms with van der Waals surface area (Å²) in [6.07, 6.45) is 4.02. The molecule has 5 nitrogen and oxygen atoms in total. The van der Waals surface area contributed by atoms with Gasteiger partial charge in [-0.2, -0.15) is 0 Å². The molecule has 0 unspecified atom stereocenters. The molecule has 1 N–H and O–H groups in total. The Morgan fingerprint density at radius 2 is 2.26 bits per heavy atom. The molecule has 0 aromatic carbocycles. The molecule has 0 radical (unpaired) electrons. The first-order chi connectivity index (χ1) is 9.24. The van der Waals surface area contributed by atoms with Gasteiger partial charge in [0, 0.05) is 49.2 Å². The van der Waals surface area contributed by atoms with Gasteiger partial charge in [-0.25, -0.2) is 0 Å². The van der Waals surface area contributed by atoms with Gasteiger partial charge in [0.25, 0.3) is 5.91 Å². The molecule has 0 spiro atoms. The quantitative estimate of drug-likeness (QED) is 0.825. The van der Waals surface area contributed by atoms with Crippen LogP contribution in [0.2, 0.25) is 0 Å². The first-order valence-electron chi connectivity index (χ1n) is 6.15. The number of aromatic nitrogens is 2. The highest BCUT2D eigenvalue weighted by molar-refractivity contribution is 5.94. The Morgan fingerprint density at radius 1 is 1.37 bits per heavy atom. The molecule has 1 aliphatic heterocycles. The molecule has 0 bridgehead atoms. The monoisotopic (exact) mass is 255 g/mol. The Hall–Kier alpha value is -2.43. The van der Waals surface area contributed by atoms with Crippen LogP contribution in [0.15, 0.2) is 41.5 Å². The van der Waals surface area contributed by atoms with Gasteiger partial charge in [-0.05, 0) is 17.7 Å². The van der Waals surface area contributed by atoms with Crippen LogP contribution in [0.5, 0.6) is 0 Å². The van der Waals surface area contributed by atoms with E-state index in [-0.39, 0.29) is 11.5 Å². The predicted octanol–water partition coefficient (Wildman–Crippen LogP) is 0.968. The average molecular weight is 255 g/mol. The molecule has 5 heteroatoms. The Balaban J connectivity index is 1.85. The lowest BCUT2D eigenvalue weighted by molar-refractivity contribution is 0.0733. The third-order valence-corrected chi connectivity index (χ3v) is 3.27. The summed E-state index contributed by atoms with van der Waals surface area (Å²) in [7, 11) is 0. The predicted molar refractivity (Wildman–Crippen MR) is 69.7 cm³/mol. The van der Waals surface area contributed by atoms with Gasteiger partial charge < -0.3 is 9.88 Å². The summed E-state index contributed by atoms with van der Waals surface area (Å²) in [5, 5.41) is 0. The van der Waals surface area contributed by atoms with Gasteiger partial charge in [0.05, 0.1) is 0 Å². The van der Waals surface area contributed by atoms with E-state index in [1.54, 1.807) is 17.2 Å². The molecule has 0 aliphatic carbocycles. The second-order valence-electron chi connectivity index (χ2n) is 4.53. The number of fused-ring (bicyclic) bond motifs is 1. The van der Waals surface area contributed by atoms with Crippen molar-refractivity contribution in [3.63, 3.8) is 0 Å². The summed E-state index contributed by atoms with van der Waals surface area (Å²) in [6, 6.07) is 6.82. The van der Waals surface area contributed by atoms with Crippen molar-refractivity contribution in [3.05, 3.63) is 63.8 Å². The van der Waals surface area contributed by atoms with E-state index in [4.69, 9.17) is 0 Å². The van der Waals surface area contributed by atoms with Crippen LogP contribution in [0.25, 0.3) is 0 Å². The summed E-state index contributed by atoms with van der Waals surface area (Å²) in [6.45, 7) is 1.18. The fraction of sp³-hybridized carbons (Fsp3) is 0.214. The van der Waals surface area contributed by atoms with Gasteiger partial charge in [0.1, 0.15) is 0 Å². The third-order valence-electron chi connectivity index (χ3n) is 3.27. The van der Waals surface area contributed by atoms with E-state index in [2.05, 4.69) is 9.97 Å². The molecule has 1 amide bonds. The first-order valence-corrected chi connectivity index (χ1v) is 6.15. The zero-order valence-corrected chi connectivity index (χ0v) is 10.3. The highest BCUT2D eigenvalue weighted by Crippen LogP contribution is 2.17. The molecule has 0 atom stereocenters. The van der Waals surface area contributed by atoms with Crippen molar-refractivity contribution in [1.82, 2.24) is 14.9 Å². The molecule has 96 valence electrons. The molecule has 0 saturated heterocycles. The third kappa shape index (κ3) is 2.27. The van der Waals surface area contributed by atoms with E-state index < -0.39 is 0 Å². The van der Waals surface area contributed by atoms with Crippen LogP contribution >= 0.6 is 0 Å². The largest absolute Gasteiger partial charge is 0.334 e. The smallest absolute Gasteiger partial charge is 0.254 e. The highest BCUT2D eigenvalue weighted by atomic mass is 16.2. The van der Waals surface area contributed by atoms with Crippen molar-refractivity contribution in [3.8, 4) is 0 Å². The summed E-state index contributed by atoms with van der Waals surface area (Å²) in [5.41, 5.74) is 2.30. The Kier molecular flexibility index (Phi) is 2.87. The van der Waals surface area contributed by atoms with Crippen molar-refractivity contribution in [2.45, 2.75) is 13.0 Å². The molecule has 3 heterocycles. The SMILES string of the molecule is O=C(c1cc[nH]c(=O)c1)N1CCc2ncccc2C1. The molecule has 2 aromatic heterocycles. The number of amides is 1. The number of rotatable bonds is 1. The zero-order chi connectivity index (χ0) is 13.2. The minimum Gasteiger partial charge on any atom is -0.334 e. The number of nitrogens with one attached hydrogen (secondary N) is 1. The Morgan fingerprint density at radius 3 is 3.11 bits per heavy atom. The molecular weight excluding hydrogens is 242 g/mol. The maximum absolute atomic E-state index is 12.3. The second kappa shape index (κ2) is 4.68. The lowest BCUT2D eigenvalue weighted by Gasteiger charge is -2.28. The van der Waals surface area contributed by atoms with Crippen LogP contribution in [0, 0.1) is 0 Å². The number of pyridine rings is 2. The van der Waals surface area contributed by atoms with Crippen molar-refractivity contribution >= 4 is 5.91 Å². The second-order valence-corrected chi connectivity index (χ2v) is 4.53. The molecule has 0 saturated carbocycles. The zero-order valence-electron chi connectivity index (χ0n) is 10.3. The summed E-state index contributed by atoms with van der Waals surface area (Å²) in [4.78, 5) is 32.1. The summed E-state index contributed by atoms with van der Waals surface area (Å²) in [5.74, 6) is -0.111. The van der Waals surface area contributed by atoms with Crippen molar-refractivity contribution in [2.24, 2.45) is 0 Å². The van der Waals surface area contributed by atoms with Crippen LogP contribution < -0.4 is 5.56 Å². The van der Waals surface area contributed by atoms with Gasteiger partial charge >= 0.3 is 0 Å². The van der Waals surface area contributed by atoms with Crippen LogP contribution in [0.1, 0.15) is 21.6 Å². The van der Waals surface area contributed by atoms with Crippen LogP contribution in [-0.2, 0) is 13.0 Å². The number of nitrogens with zero attached hydrogens (tertiary/aromatic N) is 2. The van der Waals surface area contributed by atoms with Crippen LogP contribution in [0.4, 0.5) is 0 Å². The lowest BCUT2D eigenvalue weighted by Crippen LogP contribution is -2.36.